The van der Waals surface area contributed by atoms with Crippen molar-refractivity contribution < 1.29 is 18.4 Å². The molecule has 1 aliphatic rings. The molecule has 26 heavy (non-hydrogen) atoms. The van der Waals surface area contributed by atoms with Gasteiger partial charge in [-0.15, -0.1) is 11.6 Å². The number of halogens is 2. The molecule has 0 radical (unpaired) electrons. The van der Waals surface area contributed by atoms with Crippen LogP contribution in [0.5, 0.6) is 11.5 Å². The van der Waals surface area contributed by atoms with Crippen LogP contribution >= 0.6 is 11.6 Å². The highest BCUT2D eigenvalue weighted by Gasteiger charge is 2.34. The standard InChI is InChI=1S/C21H24ClFNO2/c1-14-11-15-12-20(25-2)21(26-3)13-16(15)18(9-6-10-22)24(14)19-8-5-4-7-17(19)23/h4-5,7-8,12-14H,6,9-11H2,1-3H3/q+1. The molecule has 1 heterocycles. The maximum Gasteiger partial charge on any atom is 0.241 e. The SMILES string of the molecule is COc1cc2c(cc1OC)C(CCCCl)=[N+](c1ccccc1F)C(C)C2. The molecule has 0 saturated carbocycles. The first kappa shape index (κ1) is 18.7. The number of benzene rings is 2. The van der Waals surface area contributed by atoms with Gasteiger partial charge in [0.25, 0.3) is 0 Å². The fourth-order valence-corrected chi connectivity index (χ4v) is 3.82. The Morgan fingerprint density at radius 1 is 1.15 bits per heavy atom. The Labute approximate surface area is 159 Å². The molecule has 138 valence electrons. The Bertz CT molecular complexity index is 835. The van der Waals surface area contributed by atoms with Crippen LogP contribution in [0, 0.1) is 5.82 Å². The van der Waals surface area contributed by atoms with Crippen LogP contribution in [0.2, 0.25) is 0 Å². The van der Waals surface area contributed by atoms with Gasteiger partial charge in [-0.3, -0.25) is 0 Å². The fourth-order valence-electron chi connectivity index (χ4n) is 3.68. The van der Waals surface area contributed by atoms with Gasteiger partial charge >= 0.3 is 0 Å². The van der Waals surface area contributed by atoms with Gasteiger partial charge in [-0.2, -0.15) is 8.97 Å². The Morgan fingerprint density at radius 3 is 2.50 bits per heavy atom. The third kappa shape index (κ3) is 3.43. The molecule has 0 aliphatic carbocycles. The van der Waals surface area contributed by atoms with E-state index >= 15 is 0 Å². The van der Waals surface area contributed by atoms with Crippen LogP contribution in [0.15, 0.2) is 36.4 Å². The number of methoxy groups -OCH3 is 2. The number of para-hydroxylation sites is 1. The molecular weight excluding hydrogens is 353 g/mol. The van der Waals surface area contributed by atoms with Gasteiger partial charge in [0.05, 0.1) is 14.2 Å². The lowest BCUT2D eigenvalue weighted by Gasteiger charge is -2.24. The van der Waals surface area contributed by atoms with Gasteiger partial charge in [0.15, 0.2) is 29.1 Å². The molecule has 0 aromatic heterocycles. The summed E-state index contributed by atoms with van der Waals surface area (Å²) in [6.07, 6.45) is 2.39. The average molecular weight is 377 g/mol. The van der Waals surface area contributed by atoms with Crippen molar-refractivity contribution in [3.63, 3.8) is 0 Å². The van der Waals surface area contributed by atoms with Crippen molar-refractivity contribution in [2.24, 2.45) is 0 Å². The largest absolute Gasteiger partial charge is 0.493 e. The molecule has 0 fully saturated rings. The van der Waals surface area contributed by atoms with Gasteiger partial charge in [0.1, 0.15) is 0 Å². The van der Waals surface area contributed by atoms with Crippen LogP contribution in [-0.4, -0.2) is 36.4 Å². The lowest BCUT2D eigenvalue weighted by molar-refractivity contribution is -0.485. The second kappa shape index (κ2) is 8.09. The topological polar surface area (TPSA) is 21.5 Å². The summed E-state index contributed by atoms with van der Waals surface area (Å²) in [7, 11) is 3.27. The van der Waals surface area contributed by atoms with Crippen LogP contribution in [0.4, 0.5) is 10.1 Å². The van der Waals surface area contributed by atoms with E-state index < -0.39 is 0 Å². The molecule has 3 nitrogen and oxygen atoms in total. The molecule has 0 saturated heterocycles. The smallest absolute Gasteiger partial charge is 0.241 e. The van der Waals surface area contributed by atoms with Crippen LogP contribution in [-0.2, 0) is 6.42 Å². The van der Waals surface area contributed by atoms with Crippen molar-refractivity contribution in [2.45, 2.75) is 32.2 Å². The molecule has 1 atom stereocenters. The van der Waals surface area contributed by atoms with Crippen molar-refractivity contribution in [2.75, 3.05) is 20.1 Å². The number of hydrogen-bond donors (Lipinski definition) is 0. The minimum atomic E-state index is -0.216. The van der Waals surface area contributed by atoms with E-state index in [9.17, 15) is 4.39 Å². The minimum absolute atomic E-state index is 0.128. The summed E-state index contributed by atoms with van der Waals surface area (Å²) in [6.45, 7) is 2.12. The lowest BCUT2D eigenvalue weighted by atomic mass is 9.90. The van der Waals surface area contributed by atoms with Crippen LogP contribution in [0.1, 0.15) is 30.9 Å². The molecule has 2 aromatic carbocycles. The lowest BCUT2D eigenvalue weighted by Crippen LogP contribution is -2.34. The van der Waals surface area contributed by atoms with E-state index in [0.29, 0.717) is 17.3 Å². The number of rotatable bonds is 6. The molecule has 0 amide bonds. The zero-order valence-corrected chi connectivity index (χ0v) is 16.1. The number of alkyl halides is 1. The highest BCUT2D eigenvalue weighted by molar-refractivity contribution is 6.18. The van der Waals surface area contributed by atoms with Gasteiger partial charge in [0, 0.05) is 30.4 Å². The summed E-state index contributed by atoms with van der Waals surface area (Å²) in [5.74, 6) is 1.74. The predicted molar refractivity (Wildman–Crippen MR) is 103 cm³/mol. The van der Waals surface area contributed by atoms with Crippen LogP contribution < -0.4 is 9.47 Å². The van der Waals surface area contributed by atoms with Crippen molar-refractivity contribution in [1.82, 2.24) is 0 Å². The summed E-state index contributed by atoms with van der Waals surface area (Å²) in [5, 5.41) is 0. The van der Waals surface area contributed by atoms with Crippen molar-refractivity contribution in [1.29, 1.82) is 0 Å². The summed E-state index contributed by atoms with van der Waals surface area (Å²) >= 11 is 5.96. The number of nitrogens with zero attached hydrogens (tertiary/aromatic N) is 1. The fraction of sp³-hybridized carbons (Fsp3) is 0.381. The zero-order valence-electron chi connectivity index (χ0n) is 15.4. The number of ether oxygens (including phenoxy) is 2. The Balaban J connectivity index is 2.24. The second-order valence-electron chi connectivity index (χ2n) is 6.48. The van der Waals surface area contributed by atoms with E-state index in [0.717, 1.165) is 36.3 Å². The summed E-state index contributed by atoms with van der Waals surface area (Å²) in [4.78, 5) is 0. The van der Waals surface area contributed by atoms with Crippen molar-refractivity contribution in [3.05, 3.63) is 53.3 Å². The molecule has 1 aliphatic heterocycles. The maximum atomic E-state index is 14.6. The first-order valence-corrected chi connectivity index (χ1v) is 9.35. The van der Waals surface area contributed by atoms with Crippen LogP contribution in [0.3, 0.4) is 0 Å². The molecule has 0 spiro atoms. The highest BCUT2D eigenvalue weighted by atomic mass is 35.5. The first-order valence-electron chi connectivity index (χ1n) is 8.81. The van der Waals surface area contributed by atoms with Crippen molar-refractivity contribution >= 4 is 23.0 Å². The molecule has 2 aromatic rings. The molecule has 5 heteroatoms. The van der Waals surface area contributed by atoms with Crippen LogP contribution in [0.25, 0.3) is 0 Å². The van der Waals surface area contributed by atoms with E-state index in [-0.39, 0.29) is 11.9 Å². The van der Waals surface area contributed by atoms with Gasteiger partial charge in [-0.1, -0.05) is 12.1 Å². The monoisotopic (exact) mass is 376 g/mol. The third-order valence-corrected chi connectivity index (χ3v) is 5.09. The molecule has 3 rings (SSSR count). The van der Waals surface area contributed by atoms with E-state index in [4.69, 9.17) is 21.1 Å². The first-order chi connectivity index (χ1) is 12.6. The second-order valence-corrected chi connectivity index (χ2v) is 6.86. The molecule has 1 unspecified atom stereocenters. The zero-order chi connectivity index (χ0) is 18.7. The summed E-state index contributed by atoms with van der Waals surface area (Å²) < 4.78 is 27.6. The van der Waals surface area contributed by atoms with Gasteiger partial charge in [-0.25, -0.2) is 0 Å². The Hall–Kier alpha value is -2.07. The predicted octanol–water partition coefficient (Wildman–Crippen LogP) is 4.94. The molecular formula is C21H24ClFNO2+. The Morgan fingerprint density at radius 2 is 1.85 bits per heavy atom. The summed E-state index contributed by atoms with van der Waals surface area (Å²) in [6, 6.07) is 11.1. The highest BCUT2D eigenvalue weighted by Crippen LogP contribution is 2.36. The summed E-state index contributed by atoms with van der Waals surface area (Å²) in [5.41, 5.74) is 3.94. The number of hydrogen-bond acceptors (Lipinski definition) is 2. The van der Waals surface area contributed by atoms with E-state index in [2.05, 4.69) is 11.5 Å². The van der Waals surface area contributed by atoms with E-state index in [1.54, 1.807) is 20.3 Å². The molecule has 0 N–H and O–H groups in total. The minimum Gasteiger partial charge on any atom is -0.493 e. The third-order valence-electron chi connectivity index (χ3n) is 4.83. The van der Waals surface area contributed by atoms with E-state index in [1.807, 2.05) is 24.3 Å². The number of fused-ring (bicyclic) bond motifs is 1. The maximum absolute atomic E-state index is 14.6. The van der Waals surface area contributed by atoms with Gasteiger partial charge in [0.2, 0.25) is 5.69 Å². The quantitative estimate of drug-likeness (QED) is 0.526. The normalized spacial score (nSPS) is 16.4. The van der Waals surface area contributed by atoms with Gasteiger partial charge < -0.3 is 9.47 Å². The van der Waals surface area contributed by atoms with Gasteiger partial charge in [-0.05, 0) is 37.1 Å². The molecule has 0 bridgehead atoms. The average Bonchev–Trinajstić information content (AvgIpc) is 2.65. The van der Waals surface area contributed by atoms with E-state index in [1.165, 1.54) is 11.6 Å². The van der Waals surface area contributed by atoms with Crippen molar-refractivity contribution in [3.8, 4) is 11.5 Å². The Kier molecular flexibility index (Phi) is 5.82.